The minimum atomic E-state index is -0.387. The van der Waals surface area contributed by atoms with Gasteiger partial charge in [0.25, 0.3) is 17.7 Å². The molecule has 0 unspecified atom stereocenters. The normalized spacial score (nSPS) is 18.8. The maximum absolute atomic E-state index is 12.7. The second-order valence-electron chi connectivity index (χ2n) is 6.50. The van der Waals surface area contributed by atoms with Gasteiger partial charge in [-0.25, -0.2) is 14.9 Å². The van der Waals surface area contributed by atoms with Crippen molar-refractivity contribution in [2.45, 2.75) is 12.5 Å². The van der Waals surface area contributed by atoms with Crippen LogP contribution in [0.4, 0.5) is 11.6 Å². The van der Waals surface area contributed by atoms with Crippen molar-refractivity contribution in [3.05, 3.63) is 59.4 Å². The molecule has 0 spiro atoms. The summed E-state index contributed by atoms with van der Waals surface area (Å²) in [6.07, 6.45) is 6.26. The number of nitrogens with one attached hydrogen (secondary N) is 1. The van der Waals surface area contributed by atoms with Gasteiger partial charge in [-0.15, -0.1) is 0 Å². The van der Waals surface area contributed by atoms with Crippen molar-refractivity contribution in [2.24, 2.45) is 0 Å². The van der Waals surface area contributed by atoms with Crippen LogP contribution in [-0.4, -0.2) is 51.7 Å². The van der Waals surface area contributed by atoms with E-state index in [0.29, 0.717) is 35.3 Å². The van der Waals surface area contributed by atoms with E-state index in [0.717, 1.165) is 11.3 Å². The van der Waals surface area contributed by atoms with E-state index in [1.807, 2.05) is 0 Å². The van der Waals surface area contributed by atoms with Gasteiger partial charge < -0.3 is 10.2 Å². The van der Waals surface area contributed by atoms with Gasteiger partial charge >= 0.3 is 0 Å². The molecule has 1 saturated heterocycles. The van der Waals surface area contributed by atoms with Crippen LogP contribution in [0.3, 0.4) is 0 Å². The Morgan fingerprint density at radius 1 is 1.07 bits per heavy atom. The van der Waals surface area contributed by atoms with E-state index in [4.69, 9.17) is 11.6 Å². The second kappa shape index (κ2) is 7.40. The molecule has 9 heteroatoms. The zero-order valence-corrected chi connectivity index (χ0v) is 15.5. The fourth-order valence-corrected chi connectivity index (χ4v) is 3.32. The van der Waals surface area contributed by atoms with E-state index in [1.165, 1.54) is 24.5 Å². The second-order valence-corrected chi connectivity index (χ2v) is 6.93. The van der Waals surface area contributed by atoms with Gasteiger partial charge in [0.1, 0.15) is 0 Å². The quantitative estimate of drug-likeness (QED) is 0.791. The molecule has 2 aliphatic heterocycles. The fourth-order valence-electron chi connectivity index (χ4n) is 3.22. The van der Waals surface area contributed by atoms with Crippen LogP contribution >= 0.6 is 11.6 Å². The fraction of sp³-hybridized carbons (Fsp3) is 0.211. The molecule has 0 bridgehead atoms. The third-order valence-corrected chi connectivity index (χ3v) is 4.81. The highest BCUT2D eigenvalue weighted by atomic mass is 35.5. The lowest BCUT2D eigenvalue weighted by Gasteiger charge is -2.18. The summed E-state index contributed by atoms with van der Waals surface area (Å²) in [5.41, 5.74) is 0.941. The Morgan fingerprint density at radius 2 is 1.71 bits per heavy atom. The predicted octanol–water partition coefficient (Wildman–Crippen LogP) is 1.89. The van der Waals surface area contributed by atoms with Gasteiger partial charge in [-0.1, -0.05) is 11.6 Å². The summed E-state index contributed by atoms with van der Waals surface area (Å²) in [6, 6.07) is 6.50. The van der Waals surface area contributed by atoms with Crippen LogP contribution in [0.1, 0.15) is 16.8 Å². The van der Waals surface area contributed by atoms with Crippen LogP contribution in [-0.2, 0) is 9.59 Å². The number of nitrogens with zero attached hydrogens (tertiary/aromatic N) is 4. The van der Waals surface area contributed by atoms with Gasteiger partial charge in [0.05, 0.1) is 23.1 Å². The molecular formula is C19H16ClN5O3. The smallest absolute Gasteiger partial charge is 0.258 e. The molecule has 8 nitrogen and oxygen atoms in total. The van der Waals surface area contributed by atoms with E-state index in [2.05, 4.69) is 15.3 Å². The van der Waals surface area contributed by atoms with Gasteiger partial charge in [0.15, 0.2) is 0 Å². The molecule has 3 heterocycles. The summed E-state index contributed by atoms with van der Waals surface area (Å²) in [4.78, 5) is 47.2. The highest BCUT2D eigenvalue weighted by molar-refractivity contribution is 6.30. The Kier molecular flexibility index (Phi) is 4.79. The predicted molar refractivity (Wildman–Crippen MR) is 103 cm³/mol. The average molecular weight is 398 g/mol. The summed E-state index contributed by atoms with van der Waals surface area (Å²) < 4.78 is 0. The van der Waals surface area contributed by atoms with Crippen LogP contribution in [0.5, 0.6) is 0 Å². The topological polar surface area (TPSA) is 95.5 Å². The Balaban J connectivity index is 1.39. The van der Waals surface area contributed by atoms with Crippen molar-refractivity contribution in [3.63, 3.8) is 0 Å². The zero-order chi connectivity index (χ0) is 19.7. The first-order valence-corrected chi connectivity index (χ1v) is 9.08. The number of rotatable bonds is 4. The molecule has 3 amide bonds. The van der Waals surface area contributed by atoms with E-state index >= 15 is 0 Å². The Hall–Kier alpha value is -3.26. The van der Waals surface area contributed by atoms with Gasteiger partial charge in [-0.2, -0.15) is 0 Å². The summed E-state index contributed by atoms with van der Waals surface area (Å²) >= 11 is 5.78. The number of benzene rings is 1. The minimum Gasteiger partial charge on any atom is -0.350 e. The molecule has 28 heavy (non-hydrogen) atoms. The number of amides is 3. The number of carbonyl (C=O) groups excluding carboxylic acids is 3. The van der Waals surface area contributed by atoms with Crippen molar-refractivity contribution >= 4 is 41.0 Å². The summed E-state index contributed by atoms with van der Waals surface area (Å²) in [7, 11) is 0. The van der Waals surface area contributed by atoms with Gasteiger partial charge in [0, 0.05) is 36.8 Å². The Labute approximate surface area is 165 Å². The van der Waals surface area contributed by atoms with Gasteiger partial charge in [-0.05, 0) is 30.7 Å². The minimum absolute atomic E-state index is 0.0512. The van der Waals surface area contributed by atoms with Crippen molar-refractivity contribution in [2.75, 3.05) is 23.3 Å². The van der Waals surface area contributed by atoms with Crippen LogP contribution in [0.25, 0.3) is 0 Å². The molecule has 1 aromatic heterocycles. The Bertz CT molecular complexity index is 941. The van der Waals surface area contributed by atoms with Crippen LogP contribution < -0.4 is 10.2 Å². The maximum atomic E-state index is 12.7. The van der Waals surface area contributed by atoms with E-state index in [-0.39, 0.29) is 23.8 Å². The van der Waals surface area contributed by atoms with Crippen LogP contribution in [0, 0.1) is 0 Å². The van der Waals surface area contributed by atoms with Crippen molar-refractivity contribution in [3.8, 4) is 0 Å². The number of likely N-dealkylation sites (tertiary alicyclic amines) is 1. The molecule has 2 aromatic rings. The summed E-state index contributed by atoms with van der Waals surface area (Å²) in [6.45, 7) is 1.14. The third kappa shape index (κ3) is 3.59. The molecule has 0 aliphatic carbocycles. The Morgan fingerprint density at radius 3 is 2.36 bits per heavy atom. The lowest BCUT2D eigenvalue weighted by molar-refractivity contribution is -0.119. The number of anilines is 2. The lowest BCUT2D eigenvalue weighted by Crippen LogP contribution is -2.32. The van der Waals surface area contributed by atoms with Crippen LogP contribution in [0.15, 0.2) is 48.8 Å². The molecule has 4 rings (SSSR count). The SMILES string of the molecule is O=C(c1ccc(N2C(=O)C=CC2=O)cc1)N1CC[C@@H](Nc2ncc(Cl)cn2)C1. The lowest BCUT2D eigenvalue weighted by atomic mass is 10.1. The standard InChI is InChI=1S/C19H16ClN5O3/c20-13-9-21-19(22-10-13)23-14-7-8-24(11-14)18(28)12-1-3-15(4-2-12)25-16(26)5-6-17(25)27/h1-6,9-10,14H,7-8,11H2,(H,21,22,23)/t14-/m1/s1. The molecule has 1 atom stereocenters. The number of aromatic nitrogens is 2. The van der Waals surface area contributed by atoms with Crippen LogP contribution in [0.2, 0.25) is 5.02 Å². The van der Waals surface area contributed by atoms with Gasteiger partial charge in [-0.3, -0.25) is 14.4 Å². The van der Waals surface area contributed by atoms with E-state index in [9.17, 15) is 14.4 Å². The van der Waals surface area contributed by atoms with E-state index in [1.54, 1.807) is 29.2 Å². The molecule has 0 radical (unpaired) electrons. The van der Waals surface area contributed by atoms with E-state index < -0.39 is 0 Å². The molecule has 1 aromatic carbocycles. The highest BCUT2D eigenvalue weighted by Gasteiger charge is 2.28. The van der Waals surface area contributed by atoms with Crippen molar-refractivity contribution in [1.82, 2.24) is 14.9 Å². The number of hydrogen-bond donors (Lipinski definition) is 1. The number of hydrogen-bond acceptors (Lipinski definition) is 6. The first-order chi connectivity index (χ1) is 13.5. The number of imide groups is 1. The largest absolute Gasteiger partial charge is 0.350 e. The third-order valence-electron chi connectivity index (χ3n) is 4.61. The maximum Gasteiger partial charge on any atom is 0.258 e. The summed E-state index contributed by atoms with van der Waals surface area (Å²) in [5.74, 6) is -0.407. The number of carbonyl (C=O) groups is 3. The number of halogens is 1. The molecule has 1 fully saturated rings. The first-order valence-electron chi connectivity index (χ1n) is 8.71. The van der Waals surface area contributed by atoms with Gasteiger partial charge in [0.2, 0.25) is 5.95 Å². The monoisotopic (exact) mass is 397 g/mol. The van der Waals surface area contributed by atoms with Crippen molar-refractivity contribution in [1.29, 1.82) is 0 Å². The van der Waals surface area contributed by atoms with Crippen molar-refractivity contribution < 1.29 is 14.4 Å². The molecular weight excluding hydrogens is 382 g/mol. The highest BCUT2D eigenvalue weighted by Crippen LogP contribution is 2.22. The average Bonchev–Trinajstić information content (AvgIpc) is 3.30. The molecule has 1 N–H and O–H groups in total. The molecule has 2 aliphatic rings. The molecule has 142 valence electrons. The first kappa shape index (κ1) is 18.1. The summed E-state index contributed by atoms with van der Waals surface area (Å²) in [5, 5.41) is 3.66. The zero-order valence-electron chi connectivity index (χ0n) is 14.7. The molecule has 0 saturated carbocycles.